The number of unbranched alkanes of at least 4 members (excludes halogenated alkanes) is 3. The van der Waals surface area contributed by atoms with Crippen LogP contribution >= 0.6 is 0 Å². The average Bonchev–Trinajstić information content (AvgIpc) is 2.33. The number of sulfone groups is 1. The van der Waals surface area contributed by atoms with Gasteiger partial charge in [-0.1, -0.05) is 32.6 Å². The highest BCUT2D eigenvalue weighted by molar-refractivity contribution is 7.90. The minimum atomic E-state index is -2.95. The van der Waals surface area contributed by atoms with E-state index in [0.29, 0.717) is 18.5 Å². The third-order valence-electron chi connectivity index (χ3n) is 2.95. The molecule has 0 heterocycles. The molecule has 0 saturated heterocycles. The van der Waals surface area contributed by atoms with Crippen LogP contribution in [-0.4, -0.2) is 45.5 Å². The quantitative estimate of drug-likeness (QED) is 0.368. The molecule has 0 radical (unpaired) electrons. The van der Waals surface area contributed by atoms with Crippen molar-refractivity contribution < 1.29 is 8.42 Å². The fourth-order valence-electron chi connectivity index (χ4n) is 1.83. The minimum Gasteiger partial charge on any atom is -0.357 e. The van der Waals surface area contributed by atoms with Crippen LogP contribution in [0.25, 0.3) is 0 Å². The van der Waals surface area contributed by atoms with Gasteiger partial charge in [0.15, 0.2) is 5.96 Å². The van der Waals surface area contributed by atoms with Gasteiger partial charge in [-0.2, -0.15) is 0 Å². The Morgan fingerprint density at radius 3 is 2.45 bits per heavy atom. The summed E-state index contributed by atoms with van der Waals surface area (Å²) in [4.78, 5) is 4.30. The zero-order valence-corrected chi connectivity index (χ0v) is 14.2. The molecular formula is C14H31N3O2S. The van der Waals surface area contributed by atoms with Gasteiger partial charge in [0.2, 0.25) is 0 Å². The third kappa shape index (κ3) is 12.3. The Balaban J connectivity index is 4.13. The topological polar surface area (TPSA) is 70.6 Å². The third-order valence-corrected chi connectivity index (χ3v) is 3.87. The fourth-order valence-corrected chi connectivity index (χ4v) is 2.25. The lowest BCUT2D eigenvalue weighted by molar-refractivity contribution is 0.537. The largest absolute Gasteiger partial charge is 0.357 e. The lowest BCUT2D eigenvalue weighted by Crippen LogP contribution is -2.42. The van der Waals surface area contributed by atoms with Gasteiger partial charge in [-0.05, 0) is 20.3 Å². The molecule has 1 atom stereocenters. The first-order valence-electron chi connectivity index (χ1n) is 7.61. The molecule has 0 aliphatic carbocycles. The van der Waals surface area contributed by atoms with Crippen molar-refractivity contribution in [1.29, 1.82) is 0 Å². The first-order valence-corrected chi connectivity index (χ1v) is 9.67. The van der Waals surface area contributed by atoms with Gasteiger partial charge < -0.3 is 10.6 Å². The van der Waals surface area contributed by atoms with E-state index in [1.807, 2.05) is 6.92 Å². The second-order valence-corrected chi connectivity index (χ2v) is 7.55. The predicted molar refractivity (Wildman–Crippen MR) is 87.0 cm³/mol. The summed E-state index contributed by atoms with van der Waals surface area (Å²) >= 11 is 0. The van der Waals surface area contributed by atoms with Crippen molar-refractivity contribution in [2.75, 3.05) is 25.1 Å². The standard InChI is InChI=1S/C14H31N3O2S/c1-5-7-8-9-10-13(3)17-14(15-6-2)16-11-12-20(4,18)19/h13H,5-12H2,1-4H3,(H2,15,16,17). The lowest BCUT2D eigenvalue weighted by atomic mass is 10.1. The van der Waals surface area contributed by atoms with Crippen LogP contribution in [0.2, 0.25) is 0 Å². The summed E-state index contributed by atoms with van der Waals surface area (Å²) in [5.74, 6) is 0.799. The van der Waals surface area contributed by atoms with Crippen LogP contribution < -0.4 is 10.6 Å². The maximum Gasteiger partial charge on any atom is 0.191 e. The second-order valence-electron chi connectivity index (χ2n) is 5.29. The Hall–Kier alpha value is -0.780. The van der Waals surface area contributed by atoms with E-state index in [1.165, 1.54) is 31.9 Å². The van der Waals surface area contributed by atoms with E-state index in [-0.39, 0.29) is 5.75 Å². The van der Waals surface area contributed by atoms with Gasteiger partial charge in [-0.3, -0.25) is 4.99 Å². The number of guanidine groups is 1. The van der Waals surface area contributed by atoms with Crippen molar-refractivity contribution in [3.05, 3.63) is 0 Å². The van der Waals surface area contributed by atoms with Gasteiger partial charge in [0.25, 0.3) is 0 Å². The van der Waals surface area contributed by atoms with E-state index in [1.54, 1.807) is 0 Å². The van der Waals surface area contributed by atoms with Crippen LogP contribution in [0.15, 0.2) is 4.99 Å². The van der Waals surface area contributed by atoms with Gasteiger partial charge in [0.1, 0.15) is 9.84 Å². The van der Waals surface area contributed by atoms with E-state index in [4.69, 9.17) is 0 Å². The number of hydrogen-bond donors (Lipinski definition) is 2. The molecule has 6 heteroatoms. The molecule has 0 aromatic rings. The molecule has 0 spiro atoms. The van der Waals surface area contributed by atoms with E-state index >= 15 is 0 Å². The molecule has 0 aromatic heterocycles. The maximum absolute atomic E-state index is 11.1. The number of nitrogens with one attached hydrogen (secondary N) is 2. The Kier molecular flexibility index (Phi) is 10.5. The summed E-state index contributed by atoms with van der Waals surface area (Å²) in [6.45, 7) is 7.42. The highest BCUT2D eigenvalue weighted by atomic mass is 32.2. The molecular weight excluding hydrogens is 274 g/mol. The van der Waals surface area contributed by atoms with Crippen LogP contribution in [0.3, 0.4) is 0 Å². The van der Waals surface area contributed by atoms with Gasteiger partial charge in [-0.25, -0.2) is 8.42 Å². The van der Waals surface area contributed by atoms with Crippen LogP contribution in [0.5, 0.6) is 0 Å². The van der Waals surface area contributed by atoms with E-state index < -0.39 is 9.84 Å². The maximum atomic E-state index is 11.1. The van der Waals surface area contributed by atoms with Crippen molar-refractivity contribution in [2.45, 2.75) is 58.9 Å². The minimum absolute atomic E-state index is 0.0917. The monoisotopic (exact) mass is 305 g/mol. The SMILES string of the molecule is CCCCCCC(C)NC(=NCCS(C)(=O)=O)NCC. The first kappa shape index (κ1) is 19.2. The van der Waals surface area contributed by atoms with E-state index in [0.717, 1.165) is 13.0 Å². The molecule has 2 N–H and O–H groups in total. The molecule has 1 unspecified atom stereocenters. The summed E-state index contributed by atoms with van der Waals surface area (Å²) in [5.41, 5.74) is 0. The van der Waals surface area contributed by atoms with Crippen LogP contribution in [0.4, 0.5) is 0 Å². The first-order chi connectivity index (χ1) is 9.39. The molecule has 120 valence electrons. The molecule has 0 fully saturated rings. The smallest absolute Gasteiger partial charge is 0.191 e. The molecule has 0 bridgehead atoms. The van der Waals surface area contributed by atoms with Gasteiger partial charge in [0, 0.05) is 18.8 Å². The molecule has 0 aliphatic rings. The number of nitrogens with zero attached hydrogens (tertiary/aromatic N) is 1. The number of rotatable bonds is 10. The van der Waals surface area contributed by atoms with Gasteiger partial charge in [-0.15, -0.1) is 0 Å². The van der Waals surface area contributed by atoms with Crippen LogP contribution in [0.1, 0.15) is 52.9 Å². The van der Waals surface area contributed by atoms with E-state index in [9.17, 15) is 8.42 Å². The number of aliphatic imine (C=N–C) groups is 1. The predicted octanol–water partition coefficient (Wildman–Crippen LogP) is 1.95. The zero-order valence-electron chi connectivity index (χ0n) is 13.4. The van der Waals surface area contributed by atoms with Gasteiger partial charge in [0.05, 0.1) is 12.3 Å². The summed E-state index contributed by atoms with van der Waals surface area (Å²) in [6, 6.07) is 0.350. The van der Waals surface area contributed by atoms with Gasteiger partial charge >= 0.3 is 0 Å². The highest BCUT2D eigenvalue weighted by Crippen LogP contribution is 2.05. The molecule has 0 saturated carbocycles. The number of hydrogen-bond acceptors (Lipinski definition) is 3. The molecule has 0 rings (SSSR count). The molecule has 0 amide bonds. The van der Waals surface area contributed by atoms with E-state index in [2.05, 4.69) is 29.5 Å². The molecule has 0 aliphatic heterocycles. The average molecular weight is 305 g/mol. The summed E-state index contributed by atoms with van der Waals surface area (Å²) in [5, 5.41) is 6.47. The van der Waals surface area contributed by atoms with Crippen molar-refractivity contribution in [3.8, 4) is 0 Å². The summed E-state index contributed by atoms with van der Waals surface area (Å²) < 4.78 is 22.2. The molecule has 0 aromatic carbocycles. The van der Waals surface area contributed by atoms with Crippen LogP contribution in [-0.2, 0) is 9.84 Å². The van der Waals surface area contributed by atoms with Crippen molar-refractivity contribution in [1.82, 2.24) is 10.6 Å². The molecule has 20 heavy (non-hydrogen) atoms. The summed E-state index contributed by atoms with van der Waals surface area (Å²) in [6.07, 6.45) is 7.36. The molecule has 5 nitrogen and oxygen atoms in total. The Bertz CT molecular complexity index is 367. The van der Waals surface area contributed by atoms with Crippen LogP contribution in [0, 0.1) is 0 Å². The van der Waals surface area contributed by atoms with Crippen molar-refractivity contribution in [3.63, 3.8) is 0 Å². The Labute approximate surface area is 124 Å². The summed E-state index contributed by atoms with van der Waals surface area (Å²) in [7, 11) is -2.95. The van der Waals surface area contributed by atoms with Crippen molar-refractivity contribution in [2.24, 2.45) is 4.99 Å². The zero-order chi connectivity index (χ0) is 15.4. The van der Waals surface area contributed by atoms with Crippen molar-refractivity contribution >= 4 is 15.8 Å². The highest BCUT2D eigenvalue weighted by Gasteiger charge is 2.06. The Morgan fingerprint density at radius 2 is 1.90 bits per heavy atom. The second kappa shape index (κ2) is 10.9. The lowest BCUT2D eigenvalue weighted by Gasteiger charge is -2.17. The fraction of sp³-hybridized carbons (Fsp3) is 0.929. The Morgan fingerprint density at radius 1 is 1.20 bits per heavy atom. The normalized spacial score (nSPS) is 14.1.